The zero-order chi connectivity index (χ0) is 23.7. The summed E-state index contributed by atoms with van der Waals surface area (Å²) in [6.07, 6.45) is 9.94. The second kappa shape index (κ2) is 10.3. The topological polar surface area (TPSA) is 51.5 Å². The smallest absolute Gasteiger partial charge is 0.161 e. The Balaban J connectivity index is 1.28. The number of rotatable bonds is 6. The highest BCUT2D eigenvalue weighted by Crippen LogP contribution is 2.39. The summed E-state index contributed by atoms with van der Waals surface area (Å²) in [4.78, 5) is 7.98. The van der Waals surface area contributed by atoms with E-state index in [1.165, 1.54) is 57.6 Å². The Hall–Kier alpha value is -2.05. The number of nitrogens with one attached hydrogen (secondary N) is 1. The van der Waals surface area contributed by atoms with Crippen molar-refractivity contribution in [2.75, 3.05) is 33.9 Å². The highest BCUT2D eigenvalue weighted by molar-refractivity contribution is 5.63. The van der Waals surface area contributed by atoms with Crippen LogP contribution < -0.4 is 14.8 Å². The van der Waals surface area contributed by atoms with Crippen molar-refractivity contribution in [3.05, 3.63) is 30.2 Å². The first-order chi connectivity index (χ1) is 16.6. The number of benzene rings is 1. The molecule has 0 saturated carbocycles. The van der Waals surface area contributed by atoms with Crippen LogP contribution in [0.5, 0.6) is 11.5 Å². The number of methoxy groups -OCH3 is 2. The van der Waals surface area contributed by atoms with E-state index in [9.17, 15) is 0 Å². The van der Waals surface area contributed by atoms with Gasteiger partial charge >= 0.3 is 0 Å². The molecule has 3 atom stereocenters. The van der Waals surface area contributed by atoms with Crippen molar-refractivity contribution < 1.29 is 9.47 Å². The van der Waals surface area contributed by atoms with Crippen LogP contribution in [-0.2, 0) is 13.0 Å². The Morgan fingerprint density at radius 2 is 1.74 bits per heavy atom. The van der Waals surface area contributed by atoms with Gasteiger partial charge in [-0.15, -0.1) is 0 Å². The summed E-state index contributed by atoms with van der Waals surface area (Å²) < 4.78 is 13.3. The number of fused-ring (bicyclic) bond motifs is 1. The maximum absolute atomic E-state index is 5.51. The fourth-order valence-corrected chi connectivity index (χ4v) is 6.71. The van der Waals surface area contributed by atoms with Crippen LogP contribution in [-0.4, -0.2) is 60.4 Å². The van der Waals surface area contributed by atoms with Crippen molar-refractivity contribution in [3.8, 4) is 22.8 Å². The molecule has 2 saturated heterocycles. The van der Waals surface area contributed by atoms with Crippen LogP contribution in [0.4, 0.5) is 0 Å². The minimum absolute atomic E-state index is 0.722. The van der Waals surface area contributed by atoms with E-state index >= 15 is 0 Å². The molecule has 0 radical (unpaired) electrons. The van der Waals surface area contributed by atoms with Crippen molar-refractivity contribution in [3.63, 3.8) is 0 Å². The van der Waals surface area contributed by atoms with Gasteiger partial charge in [0.05, 0.1) is 19.9 Å². The van der Waals surface area contributed by atoms with Crippen molar-refractivity contribution in [2.45, 2.75) is 71.0 Å². The number of nitrogens with zero attached hydrogens (tertiary/aromatic N) is 3. The molecule has 4 heterocycles. The van der Waals surface area contributed by atoms with Crippen LogP contribution in [0.3, 0.4) is 0 Å². The van der Waals surface area contributed by atoms with Crippen molar-refractivity contribution in [1.29, 1.82) is 0 Å². The summed E-state index contributed by atoms with van der Waals surface area (Å²) in [5.41, 5.74) is 2.13. The molecule has 3 aliphatic rings. The average Bonchev–Trinajstić information content (AvgIpc) is 3.32. The number of hydrogen-bond acceptors (Lipinski definition) is 5. The third kappa shape index (κ3) is 4.72. The molecule has 2 fully saturated rings. The van der Waals surface area contributed by atoms with Crippen LogP contribution in [0.15, 0.2) is 24.4 Å². The van der Waals surface area contributed by atoms with E-state index in [4.69, 9.17) is 14.5 Å². The van der Waals surface area contributed by atoms with Crippen molar-refractivity contribution in [1.82, 2.24) is 19.8 Å². The van der Waals surface area contributed by atoms with Gasteiger partial charge in [0, 0.05) is 36.8 Å². The number of aromatic nitrogens is 2. The Bertz CT molecular complexity index is 965. The van der Waals surface area contributed by atoms with Gasteiger partial charge in [-0.25, -0.2) is 4.98 Å². The third-order valence-electron chi connectivity index (χ3n) is 8.67. The molecule has 0 aliphatic carbocycles. The molecule has 34 heavy (non-hydrogen) atoms. The number of aryl methyl sites for hydroxylation is 1. The lowest BCUT2D eigenvalue weighted by atomic mass is 9.74. The molecule has 1 aromatic carbocycles. The molecule has 1 N–H and O–H groups in total. The molecule has 0 bridgehead atoms. The Kier molecular flexibility index (Phi) is 7.16. The maximum atomic E-state index is 5.51. The average molecular weight is 467 g/mol. The van der Waals surface area contributed by atoms with Gasteiger partial charge in [0.25, 0.3) is 0 Å². The monoisotopic (exact) mass is 466 g/mol. The molecular weight excluding hydrogens is 424 g/mol. The predicted octanol–water partition coefficient (Wildman–Crippen LogP) is 4.62. The number of hydrogen-bond donors (Lipinski definition) is 1. The van der Waals surface area contributed by atoms with Gasteiger partial charge in [0.2, 0.25) is 0 Å². The number of imidazole rings is 1. The van der Waals surface area contributed by atoms with Gasteiger partial charge in [0.1, 0.15) is 5.82 Å². The van der Waals surface area contributed by atoms with E-state index in [2.05, 4.69) is 40.9 Å². The normalized spacial score (nSPS) is 26.4. The van der Waals surface area contributed by atoms with Gasteiger partial charge < -0.3 is 19.4 Å². The molecule has 1 aromatic heterocycles. The minimum atomic E-state index is 0.722. The molecular formula is C28H42N4O2. The molecule has 5 rings (SSSR count). The first kappa shape index (κ1) is 23.7. The summed E-state index contributed by atoms with van der Waals surface area (Å²) in [6.45, 7) is 9.60. The minimum Gasteiger partial charge on any atom is -0.493 e. The highest BCUT2D eigenvalue weighted by atomic mass is 16.5. The maximum Gasteiger partial charge on any atom is 0.161 e. The lowest BCUT2D eigenvalue weighted by molar-refractivity contribution is 0.0119. The van der Waals surface area contributed by atoms with Gasteiger partial charge in [-0.3, -0.25) is 4.90 Å². The van der Waals surface area contributed by atoms with Crippen LogP contribution >= 0.6 is 0 Å². The zero-order valence-corrected chi connectivity index (χ0v) is 21.4. The number of piperidine rings is 2. The van der Waals surface area contributed by atoms with Crippen molar-refractivity contribution >= 4 is 0 Å². The van der Waals surface area contributed by atoms with Crippen LogP contribution in [0.1, 0.15) is 51.8 Å². The van der Waals surface area contributed by atoms with Crippen molar-refractivity contribution in [2.24, 2.45) is 17.8 Å². The Morgan fingerprint density at radius 1 is 0.971 bits per heavy atom. The summed E-state index contributed by atoms with van der Waals surface area (Å²) in [7, 11) is 3.36. The fraction of sp³-hybridized carbons (Fsp3) is 0.679. The summed E-state index contributed by atoms with van der Waals surface area (Å²) >= 11 is 0. The van der Waals surface area contributed by atoms with Crippen LogP contribution in [0, 0.1) is 17.8 Å². The summed E-state index contributed by atoms with van der Waals surface area (Å²) in [5, 5.41) is 3.54. The molecule has 186 valence electrons. The zero-order valence-electron chi connectivity index (χ0n) is 21.4. The number of ether oxygens (including phenoxy) is 2. The van der Waals surface area contributed by atoms with E-state index in [0.29, 0.717) is 0 Å². The molecule has 6 nitrogen and oxygen atoms in total. The Morgan fingerprint density at radius 3 is 2.47 bits per heavy atom. The van der Waals surface area contributed by atoms with Gasteiger partial charge in [-0.05, 0) is 87.7 Å². The Labute approximate surface area is 205 Å². The third-order valence-corrected chi connectivity index (χ3v) is 8.67. The molecule has 2 aromatic rings. The highest BCUT2D eigenvalue weighted by Gasteiger charge is 2.38. The summed E-state index contributed by atoms with van der Waals surface area (Å²) in [6, 6.07) is 7.60. The second-order valence-electron chi connectivity index (χ2n) is 10.9. The lowest BCUT2D eigenvalue weighted by Gasteiger charge is -2.48. The largest absolute Gasteiger partial charge is 0.493 e. The van der Waals surface area contributed by atoms with Crippen LogP contribution in [0.25, 0.3) is 11.3 Å². The first-order valence-electron chi connectivity index (χ1n) is 13.3. The predicted molar refractivity (Wildman–Crippen MR) is 137 cm³/mol. The van der Waals surface area contributed by atoms with E-state index in [1.54, 1.807) is 14.2 Å². The molecule has 2 unspecified atom stereocenters. The van der Waals surface area contributed by atoms with Crippen LogP contribution in [0.2, 0.25) is 0 Å². The fourth-order valence-electron chi connectivity index (χ4n) is 6.71. The number of likely N-dealkylation sites (tertiary alicyclic amines) is 1. The molecule has 0 spiro atoms. The lowest BCUT2D eigenvalue weighted by Crippen LogP contribution is -2.54. The van der Waals surface area contributed by atoms with E-state index in [1.807, 2.05) is 12.1 Å². The van der Waals surface area contributed by atoms with Gasteiger partial charge in [-0.2, -0.15) is 0 Å². The molecule has 6 heteroatoms. The standard InChI is InChI=1S/C28H42N4O2/c1-19(2)25-15-20(10-14-32(25)23-7-11-29-12-8-23)21-9-13-31-18-24(30-28(31)17-21)22-5-6-26(33-3)27(16-22)34-4/h5-6,16,18-21,23,25,29H,7-15,17H2,1-4H3/t20?,21?,25-/m1/s1. The SMILES string of the molecule is COc1ccc(-c2cn3c(n2)CC(C2CCN(C4CCNCC4)[C@@H](C(C)C)C2)CC3)cc1OC. The van der Waals surface area contributed by atoms with Gasteiger partial charge in [0.15, 0.2) is 11.5 Å². The van der Waals surface area contributed by atoms with Gasteiger partial charge in [-0.1, -0.05) is 13.8 Å². The first-order valence-corrected chi connectivity index (χ1v) is 13.3. The molecule has 0 amide bonds. The van der Waals surface area contributed by atoms with E-state index < -0.39 is 0 Å². The quantitative estimate of drug-likeness (QED) is 0.673. The second-order valence-corrected chi connectivity index (χ2v) is 10.9. The van der Waals surface area contributed by atoms with E-state index in [-0.39, 0.29) is 0 Å². The van der Waals surface area contributed by atoms with E-state index in [0.717, 1.165) is 65.6 Å². The molecule has 3 aliphatic heterocycles. The summed E-state index contributed by atoms with van der Waals surface area (Å²) in [5.74, 6) is 5.06.